The van der Waals surface area contributed by atoms with Crippen LogP contribution in [0.2, 0.25) is 0 Å². The Kier molecular flexibility index (Phi) is 4.54. The fourth-order valence-corrected chi connectivity index (χ4v) is 1.16. The molecule has 86 valence electrons. The third kappa shape index (κ3) is 3.74. The first-order valence-electron chi connectivity index (χ1n) is 4.80. The Hall–Kier alpha value is -1.81. The van der Waals surface area contributed by atoms with Gasteiger partial charge in [-0.3, -0.25) is 4.79 Å². The summed E-state index contributed by atoms with van der Waals surface area (Å²) in [7, 11) is 1.60. The van der Waals surface area contributed by atoms with E-state index in [1.165, 1.54) is 13.0 Å². The average molecular weight is 222 g/mol. The van der Waals surface area contributed by atoms with E-state index in [0.29, 0.717) is 6.61 Å². The van der Waals surface area contributed by atoms with Gasteiger partial charge in [-0.25, -0.2) is 0 Å². The van der Waals surface area contributed by atoms with Gasteiger partial charge >= 0.3 is 5.97 Å². The van der Waals surface area contributed by atoms with Gasteiger partial charge in [0.25, 0.3) is 0 Å². The lowest BCUT2D eigenvalue weighted by atomic mass is 10.2. The van der Waals surface area contributed by atoms with E-state index in [1.54, 1.807) is 25.3 Å². The van der Waals surface area contributed by atoms with Crippen LogP contribution in [-0.4, -0.2) is 24.8 Å². The van der Waals surface area contributed by atoms with E-state index in [4.69, 9.17) is 9.47 Å². The molecule has 16 heavy (non-hydrogen) atoms. The monoisotopic (exact) mass is 222 g/mol. The SMILES string of the molecule is COC/C=C/c1ccc(OC(C)=O)c(O)c1. The molecule has 0 aliphatic heterocycles. The summed E-state index contributed by atoms with van der Waals surface area (Å²) in [5.74, 6) is -0.357. The average Bonchev–Trinajstić information content (AvgIpc) is 2.22. The quantitative estimate of drug-likeness (QED) is 0.625. The van der Waals surface area contributed by atoms with Crippen LogP contribution < -0.4 is 4.74 Å². The highest BCUT2D eigenvalue weighted by Crippen LogP contribution is 2.27. The van der Waals surface area contributed by atoms with Crippen LogP contribution in [0.5, 0.6) is 11.5 Å². The first-order valence-corrected chi connectivity index (χ1v) is 4.80. The second kappa shape index (κ2) is 5.92. The highest BCUT2D eigenvalue weighted by Gasteiger charge is 2.04. The number of rotatable bonds is 4. The molecule has 1 aromatic rings. The molecule has 0 atom stereocenters. The molecule has 0 aliphatic rings. The number of phenolic OH excluding ortho intramolecular Hbond substituents is 1. The maximum Gasteiger partial charge on any atom is 0.308 e. The van der Waals surface area contributed by atoms with Crippen LogP contribution in [-0.2, 0) is 9.53 Å². The Labute approximate surface area is 94.1 Å². The minimum atomic E-state index is -0.460. The second-order valence-corrected chi connectivity index (χ2v) is 3.18. The predicted molar refractivity (Wildman–Crippen MR) is 60.3 cm³/mol. The van der Waals surface area contributed by atoms with Crippen LogP contribution in [0.4, 0.5) is 0 Å². The number of esters is 1. The molecule has 4 heteroatoms. The van der Waals surface area contributed by atoms with E-state index in [2.05, 4.69) is 0 Å². The van der Waals surface area contributed by atoms with E-state index >= 15 is 0 Å². The first kappa shape index (κ1) is 12.3. The molecule has 1 aromatic carbocycles. The zero-order chi connectivity index (χ0) is 12.0. The number of hydrogen-bond donors (Lipinski definition) is 1. The number of hydrogen-bond acceptors (Lipinski definition) is 4. The van der Waals surface area contributed by atoms with Crippen molar-refractivity contribution in [3.05, 3.63) is 29.8 Å². The molecule has 1 N–H and O–H groups in total. The summed E-state index contributed by atoms with van der Waals surface area (Å²) >= 11 is 0. The van der Waals surface area contributed by atoms with Crippen LogP contribution in [0.25, 0.3) is 6.08 Å². The molecule has 1 rings (SSSR count). The largest absolute Gasteiger partial charge is 0.504 e. The molecule has 0 bridgehead atoms. The van der Waals surface area contributed by atoms with Crippen LogP contribution in [0.1, 0.15) is 12.5 Å². The number of carbonyl (C=O) groups excluding carboxylic acids is 1. The molecular formula is C12H14O4. The van der Waals surface area contributed by atoms with Crippen molar-refractivity contribution in [2.24, 2.45) is 0 Å². The van der Waals surface area contributed by atoms with Crippen molar-refractivity contribution in [1.29, 1.82) is 0 Å². The van der Waals surface area contributed by atoms with E-state index in [0.717, 1.165) is 5.56 Å². The summed E-state index contributed by atoms with van der Waals surface area (Å²) in [6.45, 7) is 1.79. The summed E-state index contributed by atoms with van der Waals surface area (Å²) in [6, 6.07) is 4.80. The molecule has 0 heterocycles. The lowest BCUT2D eigenvalue weighted by Gasteiger charge is -2.04. The van der Waals surface area contributed by atoms with Gasteiger partial charge in [-0.05, 0) is 17.7 Å². The highest BCUT2D eigenvalue weighted by molar-refractivity contribution is 5.70. The zero-order valence-electron chi connectivity index (χ0n) is 9.27. The van der Waals surface area contributed by atoms with Crippen LogP contribution in [0, 0.1) is 0 Å². The van der Waals surface area contributed by atoms with Gasteiger partial charge in [-0.1, -0.05) is 18.2 Å². The maximum absolute atomic E-state index is 10.7. The Balaban J connectivity index is 2.78. The van der Waals surface area contributed by atoms with Gasteiger partial charge in [0.2, 0.25) is 0 Å². The third-order valence-corrected chi connectivity index (χ3v) is 1.81. The minimum absolute atomic E-state index is 0.0604. The highest BCUT2D eigenvalue weighted by atomic mass is 16.5. The normalized spacial score (nSPS) is 10.6. The molecule has 0 radical (unpaired) electrons. The Bertz CT molecular complexity index is 396. The smallest absolute Gasteiger partial charge is 0.308 e. The number of ether oxygens (including phenoxy) is 2. The number of benzene rings is 1. The van der Waals surface area contributed by atoms with Crippen molar-refractivity contribution in [1.82, 2.24) is 0 Å². The summed E-state index contributed by atoms with van der Waals surface area (Å²) < 4.78 is 9.64. The topological polar surface area (TPSA) is 55.8 Å². The van der Waals surface area contributed by atoms with Crippen LogP contribution in [0.3, 0.4) is 0 Å². The van der Waals surface area contributed by atoms with Crippen LogP contribution in [0.15, 0.2) is 24.3 Å². The zero-order valence-corrected chi connectivity index (χ0v) is 9.27. The van der Waals surface area contributed by atoms with Crippen molar-refractivity contribution in [2.45, 2.75) is 6.92 Å². The van der Waals surface area contributed by atoms with Crippen molar-refractivity contribution < 1.29 is 19.4 Å². The lowest BCUT2D eigenvalue weighted by Crippen LogP contribution is -2.01. The van der Waals surface area contributed by atoms with Gasteiger partial charge in [0.1, 0.15) is 0 Å². The predicted octanol–water partition coefficient (Wildman–Crippen LogP) is 1.98. The Morgan fingerprint density at radius 2 is 2.25 bits per heavy atom. The van der Waals surface area contributed by atoms with Crippen molar-refractivity contribution >= 4 is 12.0 Å². The summed E-state index contributed by atoms with van der Waals surface area (Å²) in [5, 5.41) is 9.55. The number of phenols is 1. The molecule has 0 unspecified atom stereocenters. The first-order chi connectivity index (χ1) is 7.63. The maximum atomic E-state index is 10.7. The molecule has 4 nitrogen and oxygen atoms in total. The van der Waals surface area contributed by atoms with Crippen molar-refractivity contribution in [2.75, 3.05) is 13.7 Å². The van der Waals surface area contributed by atoms with E-state index in [1.807, 2.05) is 6.08 Å². The van der Waals surface area contributed by atoms with E-state index in [9.17, 15) is 9.90 Å². The molecule has 0 aromatic heterocycles. The molecule has 0 saturated carbocycles. The fourth-order valence-electron chi connectivity index (χ4n) is 1.16. The van der Waals surface area contributed by atoms with Gasteiger partial charge in [-0.2, -0.15) is 0 Å². The van der Waals surface area contributed by atoms with Gasteiger partial charge in [0.05, 0.1) is 6.61 Å². The van der Waals surface area contributed by atoms with Gasteiger partial charge in [0.15, 0.2) is 11.5 Å². The molecular weight excluding hydrogens is 208 g/mol. The second-order valence-electron chi connectivity index (χ2n) is 3.18. The number of methoxy groups -OCH3 is 1. The van der Waals surface area contributed by atoms with Crippen molar-refractivity contribution in [3.8, 4) is 11.5 Å². The standard InChI is InChI=1S/C12H14O4/c1-9(13)16-12-6-5-10(8-11(12)14)4-3-7-15-2/h3-6,8,14H,7H2,1-2H3/b4-3+. The molecule has 0 fully saturated rings. The number of aromatic hydroxyl groups is 1. The van der Waals surface area contributed by atoms with Crippen LogP contribution >= 0.6 is 0 Å². The van der Waals surface area contributed by atoms with Gasteiger partial charge in [0, 0.05) is 14.0 Å². The Morgan fingerprint density at radius 1 is 1.50 bits per heavy atom. The Morgan fingerprint density at radius 3 is 2.81 bits per heavy atom. The summed E-state index contributed by atoms with van der Waals surface area (Å²) in [5.41, 5.74) is 0.811. The number of carbonyl (C=O) groups is 1. The lowest BCUT2D eigenvalue weighted by molar-refractivity contribution is -0.132. The van der Waals surface area contributed by atoms with E-state index in [-0.39, 0.29) is 11.5 Å². The van der Waals surface area contributed by atoms with Gasteiger partial charge < -0.3 is 14.6 Å². The summed E-state index contributed by atoms with van der Waals surface area (Å²) in [4.78, 5) is 10.7. The molecule has 0 spiro atoms. The molecule has 0 aliphatic carbocycles. The van der Waals surface area contributed by atoms with Gasteiger partial charge in [-0.15, -0.1) is 0 Å². The third-order valence-electron chi connectivity index (χ3n) is 1.81. The van der Waals surface area contributed by atoms with Crippen molar-refractivity contribution in [3.63, 3.8) is 0 Å². The van der Waals surface area contributed by atoms with E-state index < -0.39 is 5.97 Å². The summed E-state index contributed by atoms with van der Waals surface area (Å²) in [6.07, 6.45) is 3.63. The minimum Gasteiger partial charge on any atom is -0.504 e. The molecule has 0 amide bonds. The fraction of sp³-hybridized carbons (Fsp3) is 0.250. The molecule has 0 saturated heterocycles.